The molecule has 4 aromatic carbocycles. The van der Waals surface area contributed by atoms with Crippen molar-refractivity contribution in [2.75, 3.05) is 132 Å². The fourth-order valence-electron chi connectivity index (χ4n) is 14.3. The molecule has 1 saturated carbocycles. The summed E-state index contributed by atoms with van der Waals surface area (Å²) in [6, 6.07) is 25.4. The van der Waals surface area contributed by atoms with Crippen molar-refractivity contribution >= 4 is 137 Å². The number of aromatic carboxylic acids is 2. The molecule has 4 aliphatic rings. The fourth-order valence-corrected chi connectivity index (χ4v) is 18.3. The highest BCUT2D eigenvalue weighted by Crippen LogP contribution is 2.32. The maximum absolute atomic E-state index is 11.6. The topological polar surface area (TPSA) is 687 Å². The molecule has 21 N–H and O–H groups in total. The van der Waals surface area contributed by atoms with E-state index in [0.717, 1.165) is 141 Å². The molecule has 0 radical (unpaired) electrons. The predicted octanol–water partition coefficient (Wildman–Crippen LogP) is 6.62. The lowest BCUT2D eigenvalue weighted by Gasteiger charge is -2.26. The van der Waals surface area contributed by atoms with Gasteiger partial charge in [-0.15, -0.1) is 0 Å². The standard InChI is InChI=1S/2C16H20N2O5S.C15H21N3O3S.C12H18N2O4S.C10H21NO3S.C6H15NO3S.2C4H11NO3S/c2*19-16(20)11-3-4-14-13(9-11)12-5-7-18(10-15(12)17-14)6-1-2-8-24(21,22)23;16-11-3-4-14-13(9-11)12-5-7-18(10-15(12)17-14)6-1-2-8-22(19,20)21;13-11(9-10-5-2-1-3-6-10)12(15)14-7-4-8-19(16,17)18;1-9(15(12,13)14)7-8-11-10-5-3-2-4-6-10;1-6(2,3)7-4-5-11(8,9)10;1-5(2)3-4-9(6,7)8;1-2-3-5-4-9(6,7)8/h2*3-4,9,17H,1-2,5-8,10H2,(H,19,20)(H,21,22,23);3-4,9,17H,1-2,5-8,10,16H2,(H,19,20,21);1-3,5-6,11H,4,7-9,13H2,(H,14,15)(H,16,17,18);9-11H,2-8H2,1H3,(H,12,13,14);7H,4-5H2,1-3H3,(H,8,9,10);3-4H2,1-2H3,(H,6,7,8);5H,2-4H2,1H3,(H,6,7,8). The third-order valence-corrected chi connectivity index (χ3v) is 27.7. The van der Waals surface area contributed by atoms with Crippen molar-refractivity contribution in [1.29, 1.82) is 0 Å². The van der Waals surface area contributed by atoms with E-state index in [1.54, 1.807) is 55.4 Å². The molecule has 3 aliphatic heterocycles. The van der Waals surface area contributed by atoms with E-state index >= 15 is 0 Å². The minimum atomic E-state index is -3.97. The lowest BCUT2D eigenvalue weighted by Crippen LogP contribution is -2.42. The number of carbonyl (C=O) groups excluding carboxylic acids is 1. The summed E-state index contributed by atoms with van der Waals surface area (Å²) < 4.78 is 235. The zero-order valence-electron chi connectivity index (χ0n) is 76.3. The van der Waals surface area contributed by atoms with E-state index in [-0.39, 0.29) is 82.5 Å². The van der Waals surface area contributed by atoms with Gasteiger partial charge in [-0.1, -0.05) is 56.5 Å². The number of carboxylic acids is 2. The number of nitrogen functional groups attached to an aromatic ring is 1. The predicted molar refractivity (Wildman–Crippen MR) is 514 cm³/mol. The van der Waals surface area contributed by atoms with Gasteiger partial charge in [-0.25, -0.2) is 9.59 Å². The van der Waals surface area contributed by atoms with Gasteiger partial charge in [0.15, 0.2) is 0 Å². The van der Waals surface area contributed by atoms with Gasteiger partial charge in [0.2, 0.25) is 5.91 Å². The van der Waals surface area contributed by atoms with Crippen LogP contribution in [0, 0.1) is 0 Å². The van der Waals surface area contributed by atoms with Crippen molar-refractivity contribution in [3.05, 3.63) is 135 Å². The van der Waals surface area contributed by atoms with Crippen LogP contribution in [0.25, 0.3) is 32.7 Å². The lowest BCUT2D eigenvalue weighted by atomic mass is 9.95. The van der Waals surface area contributed by atoms with Gasteiger partial charge in [0.25, 0.3) is 80.9 Å². The molecular formula is C83H137N13O29S8. The SMILES string of the molecule is CC(C)(C)NCCS(=O)(=O)O.CC(CCNC1CCCCC1)S(=O)(=O)O.CCCNCS(=O)(=O)O.CN(C)CCS(=O)(=O)O.NC(Cc1ccccc1)C(=O)NCCCS(=O)(=O)O.Nc1ccc2[nH]c3c(c2c1)CCN(CCCCS(=O)(=O)O)C3.O=C(O)c1ccc2[nH]c3c(c2c1)CCN(CCCCS(=O)(=O)O)C3.O=C(O)c1ccc2[nH]c3c(c2c1)CCN(CCCCS(=O)(=O)O)C3. The summed E-state index contributed by atoms with van der Waals surface area (Å²) in [5.41, 5.74) is 23.9. The smallest absolute Gasteiger partial charge is 0.335 e. The molecule has 756 valence electrons. The maximum atomic E-state index is 11.6. The molecule has 6 heterocycles. The Balaban J connectivity index is 0.000000326. The highest BCUT2D eigenvalue weighted by Gasteiger charge is 2.27. The summed E-state index contributed by atoms with van der Waals surface area (Å²) in [4.78, 5) is 52.5. The molecule has 1 fully saturated rings. The number of carbonyl (C=O) groups is 3. The molecule has 0 saturated heterocycles. The molecule has 42 nitrogen and oxygen atoms in total. The number of anilines is 1. The van der Waals surface area contributed by atoms with E-state index in [1.807, 2.05) is 76.2 Å². The minimum absolute atomic E-state index is 0.106. The second-order valence-electron chi connectivity index (χ2n) is 34.1. The van der Waals surface area contributed by atoms with Crippen LogP contribution in [0.2, 0.25) is 0 Å². The number of unbranched alkanes of at least 4 members (excludes halogenated alkanes) is 3. The van der Waals surface area contributed by atoms with E-state index in [1.165, 1.54) is 66.8 Å². The summed E-state index contributed by atoms with van der Waals surface area (Å²) in [6.07, 6.45) is 14.3. The van der Waals surface area contributed by atoms with E-state index in [9.17, 15) is 81.7 Å². The van der Waals surface area contributed by atoms with Crippen molar-refractivity contribution < 1.29 is 128 Å². The van der Waals surface area contributed by atoms with Crippen LogP contribution in [-0.2, 0) is 131 Å². The van der Waals surface area contributed by atoms with Crippen LogP contribution in [-0.4, -0.2) is 316 Å². The number of nitrogens with one attached hydrogen (secondary N) is 7. The van der Waals surface area contributed by atoms with Crippen LogP contribution in [0.4, 0.5) is 5.69 Å². The summed E-state index contributed by atoms with van der Waals surface area (Å²) in [6.45, 7) is 18.7. The first-order valence-corrected chi connectivity index (χ1v) is 56.3. The lowest BCUT2D eigenvalue weighted by molar-refractivity contribution is -0.122. The number of fused-ring (bicyclic) bond motifs is 9. The summed E-state index contributed by atoms with van der Waals surface area (Å²) in [5, 5.41) is 32.1. The number of aromatic amines is 3. The first kappa shape index (κ1) is 118. The number of hydrogen-bond acceptors (Lipinski definition) is 28. The van der Waals surface area contributed by atoms with E-state index in [4.69, 9.17) is 58.1 Å². The van der Waals surface area contributed by atoms with Crippen LogP contribution in [0.5, 0.6) is 0 Å². The van der Waals surface area contributed by atoms with E-state index < -0.39 is 104 Å². The highest BCUT2D eigenvalue weighted by atomic mass is 32.2. The molecule has 1 aliphatic carbocycles. The second kappa shape index (κ2) is 55.9. The van der Waals surface area contributed by atoms with Crippen LogP contribution in [0.15, 0.2) is 84.9 Å². The average molecular weight is 2040 g/mol. The van der Waals surface area contributed by atoms with Gasteiger partial charge >= 0.3 is 11.9 Å². The first-order valence-electron chi connectivity index (χ1n) is 43.5. The van der Waals surface area contributed by atoms with E-state index in [2.05, 4.69) is 50.9 Å². The summed E-state index contributed by atoms with van der Waals surface area (Å²) in [5.74, 6) is -3.89. The number of H-pyrrole nitrogens is 3. The Morgan fingerprint density at radius 2 is 0.895 bits per heavy atom. The Bertz CT molecular complexity index is 5650. The Hall–Kier alpha value is -7.33. The highest BCUT2D eigenvalue weighted by molar-refractivity contribution is 7.87. The number of carboxylic acid groups (broad SMARTS) is 2. The molecule has 3 aromatic heterocycles. The van der Waals surface area contributed by atoms with Crippen molar-refractivity contribution in [3.63, 3.8) is 0 Å². The van der Waals surface area contributed by atoms with Crippen molar-refractivity contribution in [2.45, 2.75) is 193 Å². The zero-order valence-corrected chi connectivity index (χ0v) is 82.9. The van der Waals surface area contributed by atoms with E-state index in [0.29, 0.717) is 70.6 Å². The van der Waals surface area contributed by atoms with Gasteiger partial charge in [-0.05, 0) is 248 Å². The van der Waals surface area contributed by atoms with Crippen LogP contribution < -0.4 is 32.7 Å². The average Bonchev–Trinajstić information content (AvgIpc) is 1.64. The molecule has 2 unspecified atom stereocenters. The molecule has 2 atom stereocenters. The molecule has 1 amide bonds. The maximum Gasteiger partial charge on any atom is 0.335 e. The van der Waals surface area contributed by atoms with Gasteiger partial charge in [0, 0.05) is 126 Å². The quantitative estimate of drug-likeness (QED) is 0.0109. The van der Waals surface area contributed by atoms with Gasteiger partial charge in [0.1, 0.15) is 5.88 Å². The number of benzene rings is 4. The zero-order chi connectivity index (χ0) is 99.9. The normalized spacial score (nSPS) is 15.3. The molecule has 11 rings (SSSR count). The molecule has 0 spiro atoms. The Labute approximate surface area is 782 Å². The van der Waals surface area contributed by atoms with Crippen LogP contribution in [0.1, 0.15) is 185 Å². The molecule has 0 bridgehead atoms. The number of aromatic nitrogens is 3. The first-order chi connectivity index (χ1) is 61.7. The summed E-state index contributed by atoms with van der Waals surface area (Å²) in [7, 11) is -27.3. The van der Waals surface area contributed by atoms with Gasteiger partial charge in [0.05, 0.1) is 56.9 Å². The monoisotopic (exact) mass is 2040 g/mol. The third-order valence-electron chi connectivity index (χ3n) is 21.2. The number of nitrogens with zero attached hydrogens (tertiary/aromatic N) is 4. The molecule has 50 heteroatoms. The molecule has 7 aromatic rings. The van der Waals surface area contributed by atoms with Gasteiger partial charge < -0.3 is 62.8 Å². The number of hydrogen-bond donors (Lipinski definition) is 19. The largest absolute Gasteiger partial charge is 0.478 e. The van der Waals surface area contributed by atoms with Crippen molar-refractivity contribution in [3.8, 4) is 0 Å². The Morgan fingerprint density at radius 3 is 1.26 bits per heavy atom. The Kier molecular flexibility index (Phi) is 49.6. The van der Waals surface area contributed by atoms with Crippen LogP contribution in [0.3, 0.4) is 0 Å². The second-order valence-corrected chi connectivity index (χ2v) is 46.9. The van der Waals surface area contributed by atoms with Crippen molar-refractivity contribution in [2.24, 2.45) is 5.73 Å². The molecular weight excluding hydrogens is 1900 g/mol. The number of nitrogens with two attached hydrogens (primary N) is 2. The number of amides is 1. The fraction of sp³-hybridized carbons (Fsp3) is 0.602. The number of rotatable bonds is 39. The van der Waals surface area contributed by atoms with Gasteiger partial charge in [-0.2, -0.15) is 67.3 Å². The van der Waals surface area contributed by atoms with Crippen molar-refractivity contribution in [1.82, 2.24) is 55.8 Å². The van der Waals surface area contributed by atoms with Gasteiger partial charge in [-0.3, -0.25) is 55.9 Å². The van der Waals surface area contributed by atoms with Crippen LogP contribution >= 0.6 is 0 Å². The Morgan fingerprint density at radius 1 is 0.496 bits per heavy atom. The third kappa shape index (κ3) is 51.6. The summed E-state index contributed by atoms with van der Waals surface area (Å²) >= 11 is 0. The molecule has 133 heavy (non-hydrogen) atoms. The minimum Gasteiger partial charge on any atom is -0.478 e.